The standard InChI is InChI=1S/C27H32F3N7O/c1-14(33-19-9-10-20(19)38)23-25-18(12-21(34-23)27(28,29)30)24(35-36-25)17-8-4-7-16(11-17)22(15-5-3-6-15)26(32)37(2)13-31/h4,7-8,11-15,19-20,22,31-33,38H,3,5-6,9-10H2,1-2H3,(H,35,36). The molecule has 2 heterocycles. The molecular formula is C27H32F3N7O. The van der Waals surface area contributed by atoms with Gasteiger partial charge in [-0.15, -0.1) is 0 Å². The minimum Gasteiger partial charge on any atom is -0.392 e. The molecule has 2 aromatic heterocycles. The van der Waals surface area contributed by atoms with Crippen LogP contribution < -0.4 is 5.32 Å². The Morgan fingerprint density at radius 1 is 1.24 bits per heavy atom. The van der Waals surface area contributed by atoms with Crippen molar-refractivity contribution in [3.63, 3.8) is 0 Å². The number of likely N-dealkylation sites (N-methyl/N-ethyl adjacent to an activating group) is 1. The molecule has 0 radical (unpaired) electrons. The summed E-state index contributed by atoms with van der Waals surface area (Å²) in [6.07, 6.45) is 0.424. The first-order valence-corrected chi connectivity index (χ1v) is 12.9. The molecule has 2 saturated carbocycles. The summed E-state index contributed by atoms with van der Waals surface area (Å²) < 4.78 is 41.7. The van der Waals surface area contributed by atoms with Crippen LogP contribution in [0, 0.1) is 16.7 Å². The highest BCUT2D eigenvalue weighted by molar-refractivity contribution is 5.96. The number of pyridine rings is 1. The fraction of sp³-hybridized carbons (Fsp3) is 0.481. The van der Waals surface area contributed by atoms with Crippen LogP contribution in [0.15, 0.2) is 30.3 Å². The molecule has 5 rings (SSSR count). The SMILES string of the molecule is CC(NC1CCC1O)c1nc(C(F)(F)F)cc2c(-c3cccc(C(C(=N)N(C)C=N)C4CCC4)c3)n[nH]c12. The molecule has 11 heteroatoms. The van der Waals surface area contributed by atoms with E-state index in [0.717, 1.165) is 43.7 Å². The van der Waals surface area contributed by atoms with Crippen molar-refractivity contribution in [3.8, 4) is 11.3 Å². The zero-order chi connectivity index (χ0) is 27.2. The number of aromatic amines is 1. The van der Waals surface area contributed by atoms with Gasteiger partial charge >= 0.3 is 6.18 Å². The summed E-state index contributed by atoms with van der Waals surface area (Å²) in [6, 6.07) is 7.77. The van der Waals surface area contributed by atoms with E-state index in [1.54, 1.807) is 20.0 Å². The van der Waals surface area contributed by atoms with Crippen molar-refractivity contribution in [2.45, 2.75) is 69.3 Å². The third-order valence-electron chi connectivity index (χ3n) is 7.99. The van der Waals surface area contributed by atoms with Gasteiger partial charge in [-0.2, -0.15) is 18.3 Å². The lowest BCUT2D eigenvalue weighted by molar-refractivity contribution is -0.141. The largest absolute Gasteiger partial charge is 0.433 e. The van der Waals surface area contributed by atoms with Crippen LogP contribution in [0.25, 0.3) is 22.2 Å². The van der Waals surface area contributed by atoms with Crippen molar-refractivity contribution in [2.75, 3.05) is 7.05 Å². The van der Waals surface area contributed by atoms with E-state index in [2.05, 4.69) is 20.5 Å². The molecular weight excluding hydrogens is 495 g/mol. The molecule has 4 atom stereocenters. The van der Waals surface area contributed by atoms with Gasteiger partial charge in [-0.3, -0.25) is 15.9 Å². The van der Waals surface area contributed by atoms with Crippen molar-refractivity contribution >= 4 is 23.1 Å². The summed E-state index contributed by atoms with van der Waals surface area (Å²) in [5.41, 5.74) is 1.52. The highest BCUT2D eigenvalue weighted by Crippen LogP contribution is 2.42. The zero-order valence-electron chi connectivity index (χ0n) is 21.3. The molecule has 2 aliphatic rings. The summed E-state index contributed by atoms with van der Waals surface area (Å²) in [7, 11) is 1.68. The van der Waals surface area contributed by atoms with Gasteiger partial charge < -0.3 is 15.3 Å². The number of hydrogen-bond donors (Lipinski definition) is 5. The molecule has 2 aliphatic carbocycles. The number of aliphatic hydroxyl groups excluding tert-OH is 1. The molecule has 2 fully saturated rings. The van der Waals surface area contributed by atoms with Crippen LogP contribution in [-0.2, 0) is 6.18 Å². The number of hydrogen-bond acceptors (Lipinski definition) is 6. The maximum atomic E-state index is 13.9. The first kappa shape index (κ1) is 26.3. The highest BCUT2D eigenvalue weighted by atomic mass is 19.4. The number of aliphatic hydroxyl groups is 1. The molecule has 202 valence electrons. The zero-order valence-corrected chi connectivity index (χ0v) is 21.3. The van der Waals surface area contributed by atoms with Crippen molar-refractivity contribution in [1.82, 2.24) is 25.4 Å². The van der Waals surface area contributed by atoms with Crippen molar-refractivity contribution < 1.29 is 18.3 Å². The van der Waals surface area contributed by atoms with E-state index in [9.17, 15) is 18.3 Å². The molecule has 5 N–H and O–H groups in total. The Bertz CT molecular complexity index is 1350. The third-order valence-corrected chi connectivity index (χ3v) is 7.99. The Morgan fingerprint density at radius 3 is 2.58 bits per heavy atom. The van der Waals surface area contributed by atoms with Gasteiger partial charge in [0.1, 0.15) is 17.2 Å². The maximum absolute atomic E-state index is 13.9. The van der Waals surface area contributed by atoms with Crippen molar-refractivity contribution in [2.24, 2.45) is 5.92 Å². The number of nitrogens with zero attached hydrogens (tertiary/aromatic N) is 3. The lowest BCUT2D eigenvalue weighted by Crippen LogP contribution is -2.48. The predicted molar refractivity (Wildman–Crippen MR) is 139 cm³/mol. The summed E-state index contributed by atoms with van der Waals surface area (Å²) in [5.74, 6) is 0.372. The van der Waals surface area contributed by atoms with Gasteiger partial charge in [0.2, 0.25) is 0 Å². The van der Waals surface area contributed by atoms with Crippen LogP contribution >= 0.6 is 0 Å². The van der Waals surface area contributed by atoms with E-state index < -0.39 is 24.0 Å². The lowest BCUT2D eigenvalue weighted by Gasteiger charge is -2.36. The molecule has 3 aromatic rings. The fourth-order valence-corrected chi connectivity index (χ4v) is 5.39. The minimum atomic E-state index is -4.64. The summed E-state index contributed by atoms with van der Waals surface area (Å²) in [5, 5.41) is 37.1. The van der Waals surface area contributed by atoms with E-state index in [4.69, 9.17) is 10.8 Å². The Balaban J connectivity index is 1.58. The maximum Gasteiger partial charge on any atom is 0.433 e. The number of rotatable bonds is 8. The molecule has 0 bridgehead atoms. The van der Waals surface area contributed by atoms with Crippen LogP contribution in [0.4, 0.5) is 13.2 Å². The number of fused-ring (bicyclic) bond motifs is 1. The Morgan fingerprint density at radius 2 is 2.00 bits per heavy atom. The quantitative estimate of drug-likeness (QED) is 0.203. The van der Waals surface area contributed by atoms with Crippen molar-refractivity contribution in [3.05, 3.63) is 47.3 Å². The second kappa shape index (κ2) is 10.1. The number of nitrogens with one attached hydrogen (secondary N) is 4. The minimum absolute atomic E-state index is 0.187. The second-order valence-corrected chi connectivity index (χ2v) is 10.4. The summed E-state index contributed by atoms with van der Waals surface area (Å²) in [4.78, 5) is 5.45. The number of H-pyrrole nitrogens is 1. The molecule has 4 unspecified atom stereocenters. The van der Waals surface area contributed by atoms with Crippen LogP contribution in [0.5, 0.6) is 0 Å². The van der Waals surface area contributed by atoms with Crippen LogP contribution in [-0.4, -0.2) is 56.6 Å². The molecule has 1 aromatic carbocycles. The number of halogens is 3. The smallest absolute Gasteiger partial charge is 0.392 e. The highest BCUT2D eigenvalue weighted by Gasteiger charge is 2.37. The lowest BCUT2D eigenvalue weighted by atomic mass is 9.72. The number of amidine groups is 1. The van der Waals surface area contributed by atoms with E-state index in [0.29, 0.717) is 34.4 Å². The van der Waals surface area contributed by atoms with Gasteiger partial charge in [-0.25, -0.2) is 4.98 Å². The van der Waals surface area contributed by atoms with Crippen LogP contribution in [0.1, 0.15) is 67.9 Å². The Hall–Kier alpha value is -3.31. The first-order valence-electron chi connectivity index (χ1n) is 12.9. The summed E-state index contributed by atoms with van der Waals surface area (Å²) in [6.45, 7) is 1.74. The van der Waals surface area contributed by atoms with Crippen molar-refractivity contribution in [1.29, 1.82) is 10.8 Å². The van der Waals surface area contributed by atoms with E-state index in [1.165, 1.54) is 4.90 Å². The Kier molecular flexibility index (Phi) is 6.99. The topological polar surface area (TPSA) is 125 Å². The molecule has 8 nitrogen and oxygen atoms in total. The predicted octanol–water partition coefficient (Wildman–Crippen LogP) is 5.22. The van der Waals surface area contributed by atoms with Gasteiger partial charge in [0.15, 0.2) is 0 Å². The van der Waals surface area contributed by atoms with Gasteiger partial charge in [0.25, 0.3) is 0 Å². The molecule has 0 spiro atoms. The monoisotopic (exact) mass is 527 g/mol. The fourth-order valence-electron chi connectivity index (χ4n) is 5.39. The Labute approximate surface area is 218 Å². The number of aromatic nitrogens is 3. The van der Waals surface area contributed by atoms with Crippen LogP contribution in [0.3, 0.4) is 0 Å². The van der Waals surface area contributed by atoms with Gasteiger partial charge in [0.05, 0.1) is 23.7 Å². The first-order chi connectivity index (χ1) is 18.1. The number of alkyl halides is 3. The van der Waals surface area contributed by atoms with E-state index in [-0.39, 0.29) is 23.6 Å². The van der Waals surface area contributed by atoms with Gasteiger partial charge in [-0.1, -0.05) is 24.6 Å². The average Bonchev–Trinajstić information content (AvgIpc) is 3.30. The second-order valence-electron chi connectivity index (χ2n) is 10.4. The molecule has 0 saturated heterocycles. The average molecular weight is 528 g/mol. The van der Waals surface area contributed by atoms with Crippen LogP contribution in [0.2, 0.25) is 0 Å². The number of benzene rings is 1. The van der Waals surface area contributed by atoms with Gasteiger partial charge in [-0.05, 0) is 56.2 Å². The summed E-state index contributed by atoms with van der Waals surface area (Å²) >= 11 is 0. The van der Waals surface area contributed by atoms with E-state index >= 15 is 0 Å². The van der Waals surface area contributed by atoms with Gasteiger partial charge in [0, 0.05) is 36.0 Å². The molecule has 0 amide bonds. The normalized spacial score (nSPS) is 21.4. The molecule has 0 aliphatic heterocycles. The third kappa shape index (κ3) is 4.80. The van der Waals surface area contributed by atoms with E-state index in [1.807, 2.05) is 18.2 Å². The molecule has 38 heavy (non-hydrogen) atoms.